The molecule has 0 aliphatic heterocycles. The zero-order chi connectivity index (χ0) is 25.5. The lowest BCUT2D eigenvalue weighted by atomic mass is 9.79. The summed E-state index contributed by atoms with van der Waals surface area (Å²) in [6.07, 6.45) is 12.8. The van der Waals surface area contributed by atoms with Gasteiger partial charge in [0.1, 0.15) is 0 Å². The summed E-state index contributed by atoms with van der Waals surface area (Å²) in [5.41, 5.74) is -0.671. The van der Waals surface area contributed by atoms with Crippen LogP contribution in [0, 0.1) is 10.8 Å². The van der Waals surface area contributed by atoms with Crippen LogP contribution in [-0.2, 0) is 38.2 Å². The van der Waals surface area contributed by atoms with Crippen LogP contribution in [-0.4, -0.2) is 37.5 Å². The third-order valence-corrected chi connectivity index (χ3v) is 5.02. The summed E-state index contributed by atoms with van der Waals surface area (Å²) in [4.78, 5) is 55.8. The molecule has 0 saturated heterocycles. The second-order valence-corrected chi connectivity index (χ2v) is 6.74. The van der Waals surface area contributed by atoms with Gasteiger partial charge in [0.2, 0.25) is 0 Å². The van der Waals surface area contributed by atoms with Crippen LogP contribution in [0.3, 0.4) is 0 Å². The van der Waals surface area contributed by atoms with Crippen LogP contribution in [0.1, 0.15) is 66.2 Å². The van der Waals surface area contributed by atoms with E-state index in [2.05, 4.69) is 25.3 Å². The number of carbonyl (C=O) groups excluding carboxylic acids is 6. The van der Waals surface area contributed by atoms with E-state index in [1.54, 1.807) is 12.2 Å². The Bertz CT molecular complexity index is 634. The van der Waals surface area contributed by atoms with Crippen molar-refractivity contribution in [3.05, 3.63) is 37.5 Å². The summed E-state index contributed by atoms with van der Waals surface area (Å²) in [6.45, 7) is 16.0. The van der Waals surface area contributed by atoms with E-state index in [4.69, 9.17) is 28.7 Å². The van der Waals surface area contributed by atoms with Crippen molar-refractivity contribution in [3.8, 4) is 0 Å². The fraction of sp³-hybridized carbons (Fsp3) is 0.583. The molecule has 8 nitrogen and oxygen atoms in total. The third kappa shape index (κ3) is 16.3. The van der Waals surface area contributed by atoms with Gasteiger partial charge in [-0.05, 0) is 52.4 Å². The van der Waals surface area contributed by atoms with Gasteiger partial charge in [0.25, 0.3) is 0 Å². The first kappa shape index (κ1) is 41.9. The van der Waals surface area contributed by atoms with Crippen molar-refractivity contribution in [2.45, 2.75) is 66.2 Å². The third-order valence-electron chi connectivity index (χ3n) is 5.02. The molecule has 0 radical (unpaired) electrons. The molecule has 34 heavy (non-hydrogen) atoms. The molecule has 1 atom stereocenters. The Kier molecular flexibility index (Phi) is 33.2. The van der Waals surface area contributed by atoms with Gasteiger partial charge in [-0.25, -0.2) is 0 Å². The topological polar surface area (TPSA) is 121 Å². The number of hydrogen-bond donors (Lipinski definition) is 0. The molecular weight excluding hydrogens is 479 g/mol. The van der Waals surface area contributed by atoms with E-state index in [0.717, 1.165) is 25.7 Å². The number of esters is 2. The molecule has 1 rings (SSSR count). The molecule has 1 aliphatic carbocycles. The molecule has 1 unspecified atom stereocenters. The van der Waals surface area contributed by atoms with Crippen molar-refractivity contribution >= 4 is 47.6 Å². The molecule has 0 heterocycles. The fourth-order valence-corrected chi connectivity index (χ4v) is 3.10. The highest BCUT2D eigenvalue weighted by molar-refractivity contribution is 7.59. The average Bonchev–Trinajstić information content (AvgIpc) is 3.26. The van der Waals surface area contributed by atoms with E-state index in [-0.39, 0.29) is 53.1 Å². The van der Waals surface area contributed by atoms with Crippen LogP contribution in [0.15, 0.2) is 37.5 Å². The van der Waals surface area contributed by atoms with E-state index in [9.17, 15) is 9.59 Å². The van der Waals surface area contributed by atoms with Gasteiger partial charge >= 0.3 is 24.2 Å². The highest BCUT2D eigenvalue weighted by atomic mass is 32.1. The minimum absolute atomic E-state index is 0. The fourth-order valence-electron chi connectivity index (χ4n) is 3.10. The zero-order valence-corrected chi connectivity index (χ0v) is 23.3. The van der Waals surface area contributed by atoms with Crippen molar-refractivity contribution in [3.63, 3.8) is 0 Å². The van der Waals surface area contributed by atoms with Gasteiger partial charge in [-0.1, -0.05) is 38.2 Å². The molecule has 0 amide bonds. The molecule has 0 bridgehead atoms. The Morgan fingerprint density at radius 1 is 0.912 bits per heavy atom. The van der Waals surface area contributed by atoms with Crippen LogP contribution in [0.4, 0.5) is 0 Å². The van der Waals surface area contributed by atoms with E-state index in [1.165, 1.54) is 0 Å². The predicted molar refractivity (Wildman–Crippen MR) is 138 cm³/mol. The monoisotopic (exact) mass is 520 g/mol. The molecule has 0 N–H and O–H groups in total. The number of ether oxygens (including phenoxy) is 2. The Balaban J connectivity index is -0.000000128. The lowest BCUT2D eigenvalue weighted by Gasteiger charge is -2.27. The Labute approximate surface area is 213 Å². The van der Waals surface area contributed by atoms with E-state index in [1.807, 2.05) is 27.7 Å². The first-order valence-electron chi connectivity index (χ1n) is 10.4. The SMILES string of the molecule is C=CCC(CC)(CC=C)C(=O)OCC.CCOC(=O)C1(CC)CC=CC1.O=C=O.O=C=O.P.S. The van der Waals surface area contributed by atoms with Crippen LogP contribution in [0.5, 0.6) is 0 Å². The van der Waals surface area contributed by atoms with Gasteiger partial charge < -0.3 is 9.47 Å². The maximum atomic E-state index is 11.8. The second kappa shape index (κ2) is 26.9. The number of allylic oxidation sites excluding steroid dienone is 4. The summed E-state index contributed by atoms with van der Waals surface area (Å²) < 4.78 is 10.1. The first-order valence-corrected chi connectivity index (χ1v) is 10.4. The molecule has 1 aliphatic rings. The second-order valence-electron chi connectivity index (χ2n) is 6.74. The molecule has 0 spiro atoms. The van der Waals surface area contributed by atoms with Gasteiger partial charge in [-0.15, -0.1) is 13.2 Å². The molecule has 0 saturated carbocycles. The van der Waals surface area contributed by atoms with Crippen molar-refractivity contribution in [2.75, 3.05) is 13.2 Å². The lowest BCUT2D eigenvalue weighted by molar-refractivity contribution is -0.193. The molecule has 10 heteroatoms. The highest BCUT2D eigenvalue weighted by Crippen LogP contribution is 2.37. The Morgan fingerprint density at radius 3 is 1.56 bits per heavy atom. The lowest BCUT2D eigenvalue weighted by Crippen LogP contribution is -2.31. The normalized spacial score (nSPS) is 11.8. The van der Waals surface area contributed by atoms with Gasteiger partial charge in [0.05, 0.1) is 24.0 Å². The molecular formula is C24H41O8PS. The highest BCUT2D eigenvalue weighted by Gasteiger charge is 2.38. The Hall–Kier alpha value is -2.30. The number of hydrogen-bond acceptors (Lipinski definition) is 8. The summed E-state index contributed by atoms with van der Waals surface area (Å²) in [5.74, 6) is -0.167. The summed E-state index contributed by atoms with van der Waals surface area (Å²) >= 11 is 0. The van der Waals surface area contributed by atoms with Gasteiger partial charge in [0, 0.05) is 0 Å². The Morgan fingerprint density at radius 2 is 1.29 bits per heavy atom. The molecule has 0 aromatic heterocycles. The summed E-state index contributed by atoms with van der Waals surface area (Å²) in [7, 11) is 0. The van der Waals surface area contributed by atoms with Gasteiger partial charge in [0.15, 0.2) is 0 Å². The summed E-state index contributed by atoms with van der Waals surface area (Å²) in [6, 6.07) is 0. The molecule has 0 fully saturated rings. The summed E-state index contributed by atoms with van der Waals surface area (Å²) in [5, 5.41) is 0. The van der Waals surface area contributed by atoms with Crippen molar-refractivity contribution in [1.82, 2.24) is 0 Å². The van der Waals surface area contributed by atoms with Crippen LogP contribution < -0.4 is 0 Å². The van der Waals surface area contributed by atoms with Crippen LogP contribution in [0.2, 0.25) is 0 Å². The minimum atomic E-state index is -0.445. The zero-order valence-electron chi connectivity index (χ0n) is 20.9. The average molecular weight is 521 g/mol. The van der Waals surface area contributed by atoms with Crippen molar-refractivity contribution < 1.29 is 38.2 Å². The number of rotatable bonds is 10. The maximum absolute atomic E-state index is 11.8. The smallest absolute Gasteiger partial charge is 0.373 e. The first-order chi connectivity index (χ1) is 15.2. The van der Waals surface area contributed by atoms with E-state index < -0.39 is 5.41 Å². The maximum Gasteiger partial charge on any atom is 0.373 e. The largest absolute Gasteiger partial charge is 0.466 e. The molecule has 0 aromatic rings. The predicted octanol–water partition coefficient (Wildman–Crippen LogP) is 4.40. The van der Waals surface area contributed by atoms with Crippen LogP contribution >= 0.6 is 23.4 Å². The van der Waals surface area contributed by atoms with E-state index >= 15 is 0 Å². The number of carbonyl (C=O) groups is 2. The minimum Gasteiger partial charge on any atom is -0.466 e. The van der Waals surface area contributed by atoms with Crippen LogP contribution in [0.25, 0.3) is 0 Å². The van der Waals surface area contributed by atoms with E-state index in [0.29, 0.717) is 26.1 Å². The molecule has 196 valence electrons. The quantitative estimate of drug-likeness (QED) is 0.236. The van der Waals surface area contributed by atoms with Crippen molar-refractivity contribution in [2.24, 2.45) is 10.8 Å². The van der Waals surface area contributed by atoms with Crippen molar-refractivity contribution in [1.29, 1.82) is 0 Å². The van der Waals surface area contributed by atoms with Gasteiger partial charge in [-0.3, -0.25) is 9.59 Å². The standard InChI is InChI=1S/C12H20O2.C10H16O2.2CO2.H3P.H2S/c1-5-9-12(7-3,10-6-2)11(13)14-8-4;1-3-10(7-5-6-8-10)9(11)12-4-2;2*2-1-3;;/h5-6H,1-2,7-10H2,3-4H3;5-6H,3-4,7-8H2,1-2H3;;;1H3;1H2. The van der Waals surface area contributed by atoms with Gasteiger partial charge in [-0.2, -0.15) is 42.6 Å². The molecule has 0 aromatic carbocycles.